The van der Waals surface area contributed by atoms with Crippen molar-refractivity contribution >= 4 is 47.7 Å². The first kappa shape index (κ1) is 18.4. The van der Waals surface area contributed by atoms with Gasteiger partial charge in [-0.25, -0.2) is 0 Å². The molecule has 0 fully saturated rings. The lowest BCUT2D eigenvalue weighted by molar-refractivity contribution is 0.102. The molecular weight excluding hydrogens is 350 g/mol. The van der Waals surface area contributed by atoms with Gasteiger partial charge in [0.2, 0.25) is 0 Å². The first-order valence-corrected chi connectivity index (χ1v) is 8.68. The van der Waals surface area contributed by atoms with E-state index in [2.05, 4.69) is 22.9 Å². The molecule has 0 aliphatic heterocycles. The molecule has 7 heteroatoms. The number of hydrogen-bond donors (Lipinski definition) is 0. The molecule has 0 aliphatic rings. The molecule has 0 saturated carbocycles. The Bertz CT molecular complexity index is 170. The van der Waals surface area contributed by atoms with Crippen LogP contribution in [0.5, 0.6) is 0 Å². The van der Waals surface area contributed by atoms with E-state index in [9.17, 15) is 0 Å². The van der Waals surface area contributed by atoms with Crippen LogP contribution < -0.4 is 0 Å². The second kappa shape index (κ2) is 12.4. The number of halogens is 3. The van der Waals surface area contributed by atoms with Crippen molar-refractivity contribution in [2.75, 3.05) is 30.3 Å². The Hall–Kier alpha value is 1.37. The topological polar surface area (TPSA) is 27.7 Å². The van der Waals surface area contributed by atoms with Crippen molar-refractivity contribution < 1.29 is 13.6 Å². The third kappa shape index (κ3) is 9.89. The van der Waals surface area contributed by atoms with Crippen molar-refractivity contribution in [1.82, 2.24) is 0 Å². The summed E-state index contributed by atoms with van der Waals surface area (Å²) >= 11 is 14.5. The standard InChI is InChI=1S/C10H19BrCl2O3P/c1-9(2)10(3-4-11)16-17(14-7-5-12)15-8-6-13/h9-10H,1,3-8H2,2H3. The van der Waals surface area contributed by atoms with E-state index in [1.165, 1.54) is 0 Å². The molecule has 0 heterocycles. The van der Waals surface area contributed by atoms with E-state index in [-0.39, 0.29) is 12.0 Å². The highest BCUT2D eigenvalue weighted by molar-refractivity contribution is 9.09. The smallest absolute Gasteiger partial charge is 0.311 e. The molecule has 3 nitrogen and oxygen atoms in total. The number of rotatable bonds is 11. The maximum Gasteiger partial charge on any atom is 0.333 e. The zero-order valence-electron chi connectivity index (χ0n) is 9.91. The molecule has 17 heavy (non-hydrogen) atoms. The Balaban J connectivity index is 4.14. The molecule has 2 atom stereocenters. The third-order valence-corrected chi connectivity index (χ3v) is 3.79. The highest BCUT2D eigenvalue weighted by atomic mass is 79.9. The fraction of sp³-hybridized carbons (Fsp3) is 0.900. The van der Waals surface area contributed by atoms with Crippen LogP contribution in [0.4, 0.5) is 0 Å². The lowest BCUT2D eigenvalue weighted by atomic mass is 10.1. The van der Waals surface area contributed by atoms with Crippen molar-refractivity contribution in [2.24, 2.45) is 5.92 Å². The Morgan fingerprint density at radius 1 is 1.24 bits per heavy atom. The summed E-state index contributed by atoms with van der Waals surface area (Å²) in [5.74, 6) is 0.988. The van der Waals surface area contributed by atoms with Gasteiger partial charge in [-0.15, -0.1) is 23.2 Å². The van der Waals surface area contributed by atoms with Gasteiger partial charge in [-0.3, -0.25) is 0 Å². The van der Waals surface area contributed by atoms with Gasteiger partial charge in [-0.1, -0.05) is 22.9 Å². The minimum absolute atomic E-state index is 0.00568. The molecule has 0 spiro atoms. The van der Waals surface area contributed by atoms with Gasteiger partial charge in [0.1, 0.15) is 0 Å². The first-order chi connectivity index (χ1) is 8.15. The molecule has 0 saturated heterocycles. The zero-order valence-corrected chi connectivity index (χ0v) is 13.9. The maximum absolute atomic E-state index is 5.77. The van der Waals surface area contributed by atoms with Gasteiger partial charge in [0.05, 0.1) is 19.3 Å². The van der Waals surface area contributed by atoms with Crippen molar-refractivity contribution in [3.63, 3.8) is 0 Å². The van der Waals surface area contributed by atoms with Crippen LogP contribution in [0.1, 0.15) is 13.3 Å². The van der Waals surface area contributed by atoms with Crippen molar-refractivity contribution in [3.05, 3.63) is 6.92 Å². The summed E-state index contributed by atoms with van der Waals surface area (Å²) in [6.45, 7) is 6.79. The summed E-state index contributed by atoms with van der Waals surface area (Å²) in [6.07, 6.45) is 0.865. The SMILES string of the molecule is [CH2]C(C)C(CCBr)OP(OCCCl)OCCCl. The third-order valence-electron chi connectivity index (χ3n) is 1.80. The Morgan fingerprint density at radius 3 is 2.12 bits per heavy atom. The van der Waals surface area contributed by atoms with Gasteiger partial charge >= 0.3 is 8.60 Å². The molecule has 0 aromatic rings. The van der Waals surface area contributed by atoms with Crippen LogP contribution in [0.25, 0.3) is 0 Å². The maximum atomic E-state index is 5.77. The van der Waals surface area contributed by atoms with Gasteiger partial charge in [-0.05, 0) is 19.3 Å². The fourth-order valence-corrected chi connectivity index (χ4v) is 3.01. The van der Waals surface area contributed by atoms with E-state index in [1.54, 1.807) is 0 Å². The molecule has 0 N–H and O–H groups in total. The molecule has 0 aromatic heterocycles. The lowest BCUT2D eigenvalue weighted by Crippen LogP contribution is -2.19. The van der Waals surface area contributed by atoms with E-state index in [0.29, 0.717) is 25.0 Å². The summed E-state index contributed by atoms with van der Waals surface area (Å²) in [5, 5.41) is 0.853. The van der Waals surface area contributed by atoms with Gasteiger partial charge in [0.15, 0.2) is 0 Å². The van der Waals surface area contributed by atoms with Crippen LogP contribution in [-0.4, -0.2) is 36.4 Å². The molecule has 0 amide bonds. The largest absolute Gasteiger partial charge is 0.333 e. The Labute approximate surface area is 124 Å². The summed E-state index contributed by atoms with van der Waals surface area (Å²) in [6, 6.07) is 0. The molecule has 0 rings (SSSR count). The van der Waals surface area contributed by atoms with Crippen LogP contribution >= 0.6 is 47.7 Å². The zero-order chi connectivity index (χ0) is 13.1. The second-order valence-electron chi connectivity index (χ2n) is 3.37. The number of alkyl halides is 3. The first-order valence-electron chi connectivity index (χ1n) is 5.39. The van der Waals surface area contributed by atoms with Crippen LogP contribution in [0.2, 0.25) is 0 Å². The van der Waals surface area contributed by atoms with Crippen molar-refractivity contribution in [3.8, 4) is 0 Å². The summed E-state index contributed by atoms with van der Waals surface area (Å²) < 4.78 is 16.6. The number of hydrogen-bond acceptors (Lipinski definition) is 3. The second-order valence-corrected chi connectivity index (χ2v) is 6.09. The van der Waals surface area contributed by atoms with Crippen LogP contribution in [0.3, 0.4) is 0 Å². The molecule has 103 valence electrons. The predicted octanol–water partition coefficient (Wildman–Crippen LogP) is 4.36. The van der Waals surface area contributed by atoms with E-state index >= 15 is 0 Å². The highest BCUT2D eigenvalue weighted by Gasteiger charge is 2.21. The molecule has 1 radical (unpaired) electrons. The van der Waals surface area contributed by atoms with E-state index in [1.807, 2.05) is 6.92 Å². The molecule has 0 aliphatic carbocycles. The predicted molar refractivity (Wildman–Crippen MR) is 78.1 cm³/mol. The lowest BCUT2D eigenvalue weighted by Gasteiger charge is -2.25. The minimum Gasteiger partial charge on any atom is -0.311 e. The normalized spacial score (nSPS) is 13.6. The molecular formula is C10H19BrCl2O3P. The Kier molecular flexibility index (Phi) is 13.4. The average molecular weight is 369 g/mol. The minimum atomic E-state index is -1.39. The van der Waals surface area contributed by atoms with Gasteiger partial charge in [-0.2, -0.15) is 0 Å². The van der Waals surface area contributed by atoms with E-state index < -0.39 is 8.60 Å². The van der Waals surface area contributed by atoms with E-state index in [4.69, 9.17) is 36.8 Å². The van der Waals surface area contributed by atoms with Crippen LogP contribution in [-0.2, 0) is 13.6 Å². The molecule has 0 bridgehead atoms. The Morgan fingerprint density at radius 2 is 1.76 bits per heavy atom. The van der Waals surface area contributed by atoms with Crippen molar-refractivity contribution in [1.29, 1.82) is 0 Å². The highest BCUT2D eigenvalue weighted by Crippen LogP contribution is 2.42. The average Bonchev–Trinajstić information content (AvgIpc) is 2.31. The van der Waals surface area contributed by atoms with Gasteiger partial charge < -0.3 is 13.6 Å². The van der Waals surface area contributed by atoms with E-state index in [0.717, 1.165) is 11.8 Å². The summed E-state index contributed by atoms with van der Waals surface area (Å²) in [4.78, 5) is 0. The van der Waals surface area contributed by atoms with Gasteiger partial charge in [0, 0.05) is 17.1 Å². The molecule has 0 aromatic carbocycles. The summed E-state index contributed by atoms with van der Waals surface area (Å²) in [5.41, 5.74) is 0. The van der Waals surface area contributed by atoms with Crippen LogP contribution in [0.15, 0.2) is 0 Å². The van der Waals surface area contributed by atoms with Crippen LogP contribution in [0, 0.1) is 12.8 Å². The summed E-state index contributed by atoms with van der Waals surface area (Å²) in [7, 11) is -1.39. The fourth-order valence-electron chi connectivity index (χ4n) is 0.975. The molecule has 2 unspecified atom stereocenters. The van der Waals surface area contributed by atoms with Gasteiger partial charge in [0.25, 0.3) is 0 Å². The monoisotopic (exact) mass is 367 g/mol. The van der Waals surface area contributed by atoms with Crippen molar-refractivity contribution in [2.45, 2.75) is 19.4 Å². The quantitative estimate of drug-likeness (QED) is 0.400.